The maximum absolute atomic E-state index is 13.6. The summed E-state index contributed by atoms with van der Waals surface area (Å²) in [5, 5.41) is 3.10. The van der Waals surface area contributed by atoms with Crippen LogP contribution < -0.4 is 5.32 Å². The quantitative estimate of drug-likeness (QED) is 0.379. The number of amides is 2. The van der Waals surface area contributed by atoms with Crippen LogP contribution in [0.3, 0.4) is 0 Å². The van der Waals surface area contributed by atoms with Crippen molar-refractivity contribution in [3.63, 3.8) is 0 Å². The Morgan fingerprint density at radius 2 is 1.38 bits per heavy atom. The van der Waals surface area contributed by atoms with Crippen molar-refractivity contribution in [3.8, 4) is 0 Å². The van der Waals surface area contributed by atoms with E-state index in [4.69, 9.17) is 0 Å². The molecule has 178 valence electrons. The highest BCUT2D eigenvalue weighted by Gasteiger charge is 2.32. The van der Waals surface area contributed by atoms with Gasteiger partial charge in [-0.1, -0.05) is 88.7 Å². The Balaban J connectivity index is 1.91. The second-order valence-corrected chi connectivity index (χ2v) is 10.5. The molecule has 2 amide bonds. The Morgan fingerprint density at radius 3 is 1.94 bits per heavy atom. The molecule has 0 aliphatic heterocycles. The monoisotopic (exact) mass is 520 g/mol. The molecule has 0 spiro atoms. The molecule has 5 heteroatoms. The number of rotatable bonds is 9. The Kier molecular flexibility index (Phi) is 9.05. The molecule has 0 saturated carbocycles. The van der Waals surface area contributed by atoms with E-state index in [1.807, 2.05) is 106 Å². The van der Waals surface area contributed by atoms with E-state index < -0.39 is 11.6 Å². The number of aryl methyl sites for hydroxylation is 1. The highest BCUT2D eigenvalue weighted by molar-refractivity contribution is 9.10. The van der Waals surface area contributed by atoms with Crippen molar-refractivity contribution in [1.82, 2.24) is 10.2 Å². The van der Waals surface area contributed by atoms with Crippen molar-refractivity contribution in [2.45, 2.75) is 58.2 Å². The summed E-state index contributed by atoms with van der Waals surface area (Å²) in [5.41, 5.74) is 2.71. The fraction of sp³-hybridized carbons (Fsp3) is 0.310. The van der Waals surface area contributed by atoms with E-state index in [-0.39, 0.29) is 11.8 Å². The molecule has 1 atom stereocenters. The van der Waals surface area contributed by atoms with Crippen molar-refractivity contribution in [2.24, 2.45) is 0 Å². The summed E-state index contributed by atoms with van der Waals surface area (Å²) in [4.78, 5) is 28.9. The predicted molar refractivity (Wildman–Crippen MR) is 141 cm³/mol. The number of hydrogen-bond donors (Lipinski definition) is 1. The Morgan fingerprint density at radius 1 is 0.824 bits per heavy atom. The molecule has 0 unspecified atom stereocenters. The molecule has 0 saturated heterocycles. The number of carbonyl (C=O) groups is 2. The molecule has 0 fully saturated rings. The maximum atomic E-state index is 13.6. The third kappa shape index (κ3) is 8.14. The zero-order valence-corrected chi connectivity index (χ0v) is 21.7. The first kappa shape index (κ1) is 25.7. The number of hydrogen-bond acceptors (Lipinski definition) is 2. The van der Waals surface area contributed by atoms with Gasteiger partial charge in [0.15, 0.2) is 0 Å². The van der Waals surface area contributed by atoms with Crippen LogP contribution in [0.5, 0.6) is 0 Å². The molecule has 3 aromatic carbocycles. The molecule has 34 heavy (non-hydrogen) atoms. The van der Waals surface area contributed by atoms with Crippen molar-refractivity contribution in [3.05, 3.63) is 106 Å². The van der Waals surface area contributed by atoms with E-state index in [2.05, 4.69) is 21.2 Å². The smallest absolute Gasteiger partial charge is 0.243 e. The Bertz CT molecular complexity index is 1060. The molecule has 0 radical (unpaired) electrons. The molecule has 3 aromatic rings. The largest absolute Gasteiger partial charge is 0.350 e. The molecule has 1 N–H and O–H groups in total. The van der Waals surface area contributed by atoms with Crippen LogP contribution in [0.25, 0.3) is 0 Å². The second-order valence-electron chi connectivity index (χ2n) is 9.58. The first-order valence-electron chi connectivity index (χ1n) is 11.6. The highest BCUT2D eigenvalue weighted by atomic mass is 79.9. The van der Waals surface area contributed by atoms with Gasteiger partial charge in [-0.3, -0.25) is 9.59 Å². The molecular weight excluding hydrogens is 488 g/mol. The lowest BCUT2D eigenvalue weighted by atomic mass is 10.00. The van der Waals surface area contributed by atoms with Gasteiger partial charge in [0.05, 0.1) is 0 Å². The van der Waals surface area contributed by atoms with Crippen LogP contribution in [0.2, 0.25) is 0 Å². The summed E-state index contributed by atoms with van der Waals surface area (Å²) in [6.45, 7) is 6.25. The van der Waals surface area contributed by atoms with E-state index in [9.17, 15) is 9.59 Å². The molecule has 0 aliphatic carbocycles. The van der Waals surface area contributed by atoms with E-state index in [0.29, 0.717) is 25.8 Å². The molecule has 0 aromatic heterocycles. The zero-order chi connectivity index (χ0) is 24.6. The maximum Gasteiger partial charge on any atom is 0.243 e. The van der Waals surface area contributed by atoms with Crippen LogP contribution in [0, 0.1) is 0 Å². The first-order chi connectivity index (χ1) is 16.2. The normalized spacial score (nSPS) is 12.1. The lowest BCUT2D eigenvalue weighted by Crippen LogP contribution is -2.54. The van der Waals surface area contributed by atoms with E-state index >= 15 is 0 Å². The second kappa shape index (κ2) is 12.0. The number of carbonyl (C=O) groups excluding carboxylic acids is 2. The van der Waals surface area contributed by atoms with Crippen LogP contribution in [0.1, 0.15) is 43.9 Å². The first-order valence-corrected chi connectivity index (χ1v) is 12.4. The topological polar surface area (TPSA) is 49.4 Å². The molecule has 3 rings (SSSR count). The number of halogens is 1. The average Bonchev–Trinajstić information content (AvgIpc) is 2.81. The van der Waals surface area contributed by atoms with Crippen LogP contribution in [0.15, 0.2) is 89.4 Å². The van der Waals surface area contributed by atoms with Gasteiger partial charge in [-0.2, -0.15) is 0 Å². The van der Waals surface area contributed by atoms with Gasteiger partial charge >= 0.3 is 0 Å². The Labute approximate surface area is 211 Å². The van der Waals surface area contributed by atoms with Crippen molar-refractivity contribution in [2.75, 3.05) is 0 Å². The summed E-state index contributed by atoms with van der Waals surface area (Å²) >= 11 is 3.48. The van der Waals surface area contributed by atoms with Gasteiger partial charge in [-0.15, -0.1) is 0 Å². The third-order valence-corrected chi connectivity index (χ3v) is 6.03. The SMILES string of the molecule is CC(C)(C)NC(=O)[C@H](Cc1ccccc1)N(Cc1ccc(Br)cc1)C(=O)CCc1ccccc1. The minimum absolute atomic E-state index is 0.0308. The van der Waals surface area contributed by atoms with Gasteiger partial charge < -0.3 is 10.2 Å². The lowest BCUT2D eigenvalue weighted by Gasteiger charge is -2.34. The average molecular weight is 521 g/mol. The third-order valence-electron chi connectivity index (χ3n) is 5.51. The minimum atomic E-state index is -0.617. The summed E-state index contributed by atoms with van der Waals surface area (Å²) < 4.78 is 0.976. The fourth-order valence-corrected chi connectivity index (χ4v) is 4.10. The van der Waals surface area contributed by atoms with Gasteiger partial charge in [0.1, 0.15) is 6.04 Å². The molecule has 4 nitrogen and oxygen atoms in total. The van der Waals surface area contributed by atoms with Crippen molar-refractivity contribution in [1.29, 1.82) is 0 Å². The predicted octanol–water partition coefficient (Wildman–Crippen LogP) is 5.94. The van der Waals surface area contributed by atoms with Gasteiger partial charge in [-0.05, 0) is 56.0 Å². The van der Waals surface area contributed by atoms with E-state index in [1.165, 1.54) is 0 Å². The summed E-state index contributed by atoms with van der Waals surface area (Å²) in [6, 6.07) is 27.2. The van der Waals surface area contributed by atoms with Crippen LogP contribution in [-0.2, 0) is 29.0 Å². The lowest BCUT2D eigenvalue weighted by molar-refractivity contribution is -0.141. The van der Waals surface area contributed by atoms with Gasteiger partial charge in [0, 0.05) is 29.4 Å². The fourth-order valence-electron chi connectivity index (χ4n) is 3.83. The summed E-state index contributed by atoms with van der Waals surface area (Å²) in [7, 11) is 0. The zero-order valence-electron chi connectivity index (χ0n) is 20.1. The number of benzene rings is 3. The standard InChI is InChI=1S/C29H33BrN2O2/c1-29(2,3)31-28(34)26(20-23-12-8-5-9-13-23)32(21-24-14-17-25(30)18-15-24)27(33)19-16-22-10-6-4-7-11-22/h4-15,17-18,26H,16,19-21H2,1-3H3,(H,31,34)/t26-/m0/s1. The summed E-state index contributed by atoms with van der Waals surface area (Å²) in [5.74, 6) is -0.168. The highest BCUT2D eigenvalue weighted by Crippen LogP contribution is 2.19. The molecule has 0 heterocycles. The van der Waals surface area contributed by atoms with Crippen LogP contribution >= 0.6 is 15.9 Å². The molecular formula is C29H33BrN2O2. The number of nitrogens with zero attached hydrogens (tertiary/aromatic N) is 1. The molecule has 0 aliphatic rings. The Hall–Kier alpha value is -2.92. The number of nitrogens with one attached hydrogen (secondary N) is 1. The van der Waals surface area contributed by atoms with E-state index in [1.54, 1.807) is 4.90 Å². The van der Waals surface area contributed by atoms with E-state index in [0.717, 1.165) is 21.2 Å². The van der Waals surface area contributed by atoms with Gasteiger partial charge in [0.25, 0.3) is 0 Å². The van der Waals surface area contributed by atoms with Crippen LogP contribution in [0.4, 0.5) is 0 Å². The molecule has 0 bridgehead atoms. The summed E-state index contributed by atoms with van der Waals surface area (Å²) in [6.07, 6.45) is 1.43. The van der Waals surface area contributed by atoms with Gasteiger partial charge in [-0.25, -0.2) is 0 Å². The van der Waals surface area contributed by atoms with Crippen LogP contribution in [-0.4, -0.2) is 28.3 Å². The van der Waals surface area contributed by atoms with Crippen molar-refractivity contribution < 1.29 is 9.59 Å². The van der Waals surface area contributed by atoms with Crippen molar-refractivity contribution >= 4 is 27.7 Å². The minimum Gasteiger partial charge on any atom is -0.350 e. The van der Waals surface area contributed by atoms with Gasteiger partial charge in [0.2, 0.25) is 11.8 Å².